The Morgan fingerprint density at radius 1 is 1.12 bits per heavy atom. The predicted molar refractivity (Wildman–Crippen MR) is 95.9 cm³/mol. The second-order valence-corrected chi connectivity index (χ2v) is 6.52. The number of benzene rings is 1. The van der Waals surface area contributed by atoms with E-state index in [1.54, 1.807) is 17.6 Å². The summed E-state index contributed by atoms with van der Waals surface area (Å²) in [6.07, 6.45) is 1.64. The molecule has 0 radical (unpaired) electrons. The van der Waals surface area contributed by atoms with E-state index in [0.717, 1.165) is 16.2 Å². The molecule has 2 aromatic heterocycles. The number of hydrogen-bond donors (Lipinski definition) is 2. The van der Waals surface area contributed by atoms with Crippen LogP contribution < -0.4 is 10.6 Å². The molecule has 2 heterocycles. The summed E-state index contributed by atoms with van der Waals surface area (Å²) in [6.45, 7) is 2.21. The molecule has 0 aliphatic rings. The van der Waals surface area contributed by atoms with Crippen molar-refractivity contribution in [2.45, 2.75) is 19.0 Å². The largest absolute Gasteiger partial charge is 0.467 e. The molecule has 124 valence electrons. The van der Waals surface area contributed by atoms with Gasteiger partial charge in [-0.15, -0.1) is 11.3 Å². The highest BCUT2D eigenvalue weighted by Gasteiger charge is 2.18. The Kier molecular flexibility index (Phi) is 5.46. The second-order valence-electron chi connectivity index (χ2n) is 5.54. The standard InChI is InChI=1S/C19H20N2O2S/c1-14(17-10-6-12-24-17)21-18(22)13-20-19(16-9-5-11-23-16)15-7-3-2-4-8-15/h2-12,14,19-20H,13H2,1H3,(H,21,22)/t14-,19-/m0/s1. The smallest absolute Gasteiger partial charge is 0.234 e. The molecule has 0 saturated heterocycles. The van der Waals surface area contributed by atoms with Crippen LogP contribution in [-0.2, 0) is 4.79 Å². The van der Waals surface area contributed by atoms with Crippen LogP contribution in [0.15, 0.2) is 70.7 Å². The van der Waals surface area contributed by atoms with Gasteiger partial charge in [0, 0.05) is 4.88 Å². The summed E-state index contributed by atoms with van der Waals surface area (Å²) in [5.74, 6) is 0.753. The molecule has 0 fully saturated rings. The molecule has 2 atom stereocenters. The number of hydrogen-bond acceptors (Lipinski definition) is 4. The molecule has 1 amide bonds. The van der Waals surface area contributed by atoms with Gasteiger partial charge in [-0.25, -0.2) is 0 Å². The van der Waals surface area contributed by atoms with Crippen LogP contribution in [0.2, 0.25) is 0 Å². The zero-order valence-corrected chi connectivity index (χ0v) is 14.3. The first-order valence-corrected chi connectivity index (χ1v) is 8.76. The molecule has 0 aliphatic carbocycles. The van der Waals surface area contributed by atoms with Gasteiger partial charge in [0.05, 0.1) is 24.9 Å². The summed E-state index contributed by atoms with van der Waals surface area (Å²) in [5.41, 5.74) is 1.06. The summed E-state index contributed by atoms with van der Waals surface area (Å²) in [4.78, 5) is 13.4. The number of furan rings is 1. The van der Waals surface area contributed by atoms with Crippen LogP contribution in [0.25, 0.3) is 0 Å². The van der Waals surface area contributed by atoms with Crippen molar-refractivity contribution in [1.82, 2.24) is 10.6 Å². The van der Waals surface area contributed by atoms with Gasteiger partial charge in [0.2, 0.25) is 5.91 Å². The first kappa shape index (κ1) is 16.5. The molecule has 3 aromatic rings. The lowest BCUT2D eigenvalue weighted by Crippen LogP contribution is -2.37. The van der Waals surface area contributed by atoms with Crippen LogP contribution in [0.4, 0.5) is 0 Å². The molecule has 0 aliphatic heterocycles. The van der Waals surface area contributed by atoms with Gasteiger partial charge in [-0.05, 0) is 36.1 Å². The van der Waals surface area contributed by atoms with Crippen LogP contribution >= 0.6 is 11.3 Å². The third kappa shape index (κ3) is 4.13. The summed E-state index contributed by atoms with van der Waals surface area (Å²) >= 11 is 1.64. The maximum Gasteiger partial charge on any atom is 0.234 e. The monoisotopic (exact) mass is 340 g/mol. The highest BCUT2D eigenvalue weighted by molar-refractivity contribution is 7.10. The van der Waals surface area contributed by atoms with Crippen LogP contribution in [0.3, 0.4) is 0 Å². The first-order chi connectivity index (χ1) is 11.7. The van der Waals surface area contributed by atoms with Crippen molar-refractivity contribution < 1.29 is 9.21 Å². The highest BCUT2D eigenvalue weighted by Crippen LogP contribution is 2.22. The van der Waals surface area contributed by atoms with Crippen LogP contribution in [-0.4, -0.2) is 12.5 Å². The second kappa shape index (κ2) is 7.95. The number of amides is 1. The van der Waals surface area contributed by atoms with Crippen molar-refractivity contribution in [1.29, 1.82) is 0 Å². The van der Waals surface area contributed by atoms with E-state index in [-0.39, 0.29) is 24.5 Å². The third-order valence-electron chi connectivity index (χ3n) is 3.77. The van der Waals surface area contributed by atoms with Crippen LogP contribution in [0.5, 0.6) is 0 Å². The number of carbonyl (C=O) groups excluding carboxylic acids is 1. The van der Waals surface area contributed by atoms with E-state index in [2.05, 4.69) is 10.6 Å². The minimum absolute atomic E-state index is 0.0121. The number of rotatable bonds is 7. The van der Waals surface area contributed by atoms with Gasteiger partial charge in [0.25, 0.3) is 0 Å². The molecule has 3 rings (SSSR count). The molecule has 0 bridgehead atoms. The zero-order valence-electron chi connectivity index (χ0n) is 13.4. The Balaban J connectivity index is 1.62. The molecule has 5 heteroatoms. The Morgan fingerprint density at radius 3 is 2.62 bits per heavy atom. The molecule has 2 N–H and O–H groups in total. The maximum atomic E-state index is 12.3. The number of nitrogens with one attached hydrogen (secondary N) is 2. The van der Waals surface area contributed by atoms with Crippen LogP contribution in [0, 0.1) is 0 Å². The normalized spacial score (nSPS) is 13.4. The summed E-state index contributed by atoms with van der Waals surface area (Å²) in [7, 11) is 0. The van der Waals surface area contributed by atoms with Crippen molar-refractivity contribution in [2.75, 3.05) is 6.54 Å². The average molecular weight is 340 g/mol. The minimum atomic E-state index is -0.149. The molecular weight excluding hydrogens is 320 g/mol. The van der Waals surface area contributed by atoms with Gasteiger partial charge in [0.15, 0.2) is 0 Å². The van der Waals surface area contributed by atoms with Crippen molar-refractivity contribution in [3.63, 3.8) is 0 Å². The SMILES string of the molecule is C[C@H](NC(=O)CN[C@@H](c1ccccc1)c1ccco1)c1cccs1. The summed E-state index contributed by atoms with van der Waals surface area (Å²) in [6, 6.07) is 17.6. The minimum Gasteiger partial charge on any atom is -0.467 e. The number of thiophene rings is 1. The Bertz CT molecular complexity index is 739. The lowest BCUT2D eigenvalue weighted by Gasteiger charge is -2.18. The van der Waals surface area contributed by atoms with Gasteiger partial charge in [-0.2, -0.15) is 0 Å². The van der Waals surface area contributed by atoms with Gasteiger partial charge >= 0.3 is 0 Å². The van der Waals surface area contributed by atoms with Crippen molar-refractivity contribution in [3.05, 3.63) is 82.4 Å². The molecule has 4 nitrogen and oxygen atoms in total. The molecule has 0 unspecified atom stereocenters. The molecular formula is C19H20N2O2S. The lowest BCUT2D eigenvalue weighted by atomic mass is 10.0. The Morgan fingerprint density at radius 2 is 1.96 bits per heavy atom. The quantitative estimate of drug-likeness (QED) is 0.686. The van der Waals surface area contributed by atoms with E-state index in [1.807, 2.05) is 66.9 Å². The van der Waals surface area contributed by atoms with Crippen molar-refractivity contribution in [2.24, 2.45) is 0 Å². The van der Waals surface area contributed by atoms with E-state index < -0.39 is 0 Å². The van der Waals surface area contributed by atoms with Gasteiger partial charge in [-0.3, -0.25) is 10.1 Å². The zero-order chi connectivity index (χ0) is 16.8. The average Bonchev–Trinajstić information content (AvgIpc) is 3.30. The Hall–Kier alpha value is -2.37. The van der Waals surface area contributed by atoms with Crippen LogP contribution in [0.1, 0.15) is 35.2 Å². The summed E-state index contributed by atoms with van der Waals surface area (Å²) in [5, 5.41) is 8.31. The van der Waals surface area contributed by atoms with Gasteiger partial charge in [-0.1, -0.05) is 36.4 Å². The fourth-order valence-electron chi connectivity index (χ4n) is 2.58. The maximum absolute atomic E-state index is 12.3. The topological polar surface area (TPSA) is 54.3 Å². The van der Waals surface area contributed by atoms with Gasteiger partial charge < -0.3 is 9.73 Å². The van der Waals surface area contributed by atoms with Crippen molar-refractivity contribution >= 4 is 17.2 Å². The lowest BCUT2D eigenvalue weighted by molar-refractivity contribution is -0.120. The van der Waals surface area contributed by atoms with E-state index >= 15 is 0 Å². The summed E-state index contributed by atoms with van der Waals surface area (Å²) < 4.78 is 5.53. The molecule has 1 aromatic carbocycles. The molecule has 24 heavy (non-hydrogen) atoms. The molecule has 0 spiro atoms. The van der Waals surface area contributed by atoms with E-state index in [0.29, 0.717) is 0 Å². The first-order valence-electron chi connectivity index (χ1n) is 7.88. The Labute approximate surface area is 145 Å². The third-order valence-corrected chi connectivity index (χ3v) is 4.83. The van der Waals surface area contributed by atoms with E-state index in [9.17, 15) is 4.79 Å². The predicted octanol–water partition coefficient (Wildman–Crippen LogP) is 3.90. The highest BCUT2D eigenvalue weighted by atomic mass is 32.1. The fourth-order valence-corrected chi connectivity index (χ4v) is 3.31. The van der Waals surface area contributed by atoms with Gasteiger partial charge in [0.1, 0.15) is 5.76 Å². The van der Waals surface area contributed by atoms with Crippen molar-refractivity contribution in [3.8, 4) is 0 Å². The molecule has 0 saturated carbocycles. The number of carbonyl (C=O) groups is 1. The van der Waals surface area contributed by atoms with E-state index in [4.69, 9.17) is 4.42 Å². The fraction of sp³-hybridized carbons (Fsp3) is 0.211. The van der Waals surface area contributed by atoms with E-state index in [1.165, 1.54) is 0 Å².